The molecular formula is C26H31NO4S2. The largest absolute Gasteiger partial charge is 0.240 e. The van der Waals surface area contributed by atoms with Crippen LogP contribution in [-0.2, 0) is 26.2 Å². The van der Waals surface area contributed by atoms with Gasteiger partial charge in [-0.3, -0.25) is 0 Å². The highest BCUT2D eigenvalue weighted by Gasteiger charge is 2.28. The molecule has 0 bridgehead atoms. The molecule has 176 valence electrons. The van der Waals surface area contributed by atoms with E-state index in [4.69, 9.17) is 9.78 Å². The van der Waals surface area contributed by atoms with Crippen molar-refractivity contribution in [2.45, 2.75) is 36.1 Å². The molecular weight excluding hydrogens is 454 g/mol. The molecule has 0 spiro atoms. The standard InChI is InChI=1S/C26H31NO4S2/c1-3-30-31-19-23(18-22-10-6-4-7-11-22)26(20-32-24-12-8-5-9-13-24)27-33(28,29)25-16-14-21(2)15-17-25/h4-17,23,26-27H,3,18-20H2,1-2H3. The van der Waals surface area contributed by atoms with Gasteiger partial charge in [-0.25, -0.2) is 22.9 Å². The summed E-state index contributed by atoms with van der Waals surface area (Å²) in [5.74, 6) is 0.428. The van der Waals surface area contributed by atoms with E-state index in [9.17, 15) is 8.42 Å². The SMILES string of the molecule is CCOOCC(Cc1ccccc1)C(CSc1ccccc1)NS(=O)(=O)c1ccc(C)cc1. The van der Waals surface area contributed by atoms with Crippen molar-refractivity contribution in [3.8, 4) is 0 Å². The van der Waals surface area contributed by atoms with Crippen LogP contribution < -0.4 is 4.72 Å². The van der Waals surface area contributed by atoms with Crippen molar-refractivity contribution in [2.75, 3.05) is 19.0 Å². The molecule has 5 nitrogen and oxygen atoms in total. The molecule has 3 aromatic rings. The lowest BCUT2D eigenvalue weighted by atomic mass is 9.94. The normalized spacial score (nSPS) is 13.5. The average Bonchev–Trinajstić information content (AvgIpc) is 2.83. The number of rotatable bonds is 13. The lowest BCUT2D eigenvalue weighted by Gasteiger charge is -2.27. The zero-order valence-electron chi connectivity index (χ0n) is 19.0. The Labute approximate surface area is 201 Å². The van der Waals surface area contributed by atoms with Crippen LogP contribution in [0.4, 0.5) is 0 Å². The highest BCUT2D eigenvalue weighted by molar-refractivity contribution is 7.99. The quantitative estimate of drug-likeness (QED) is 0.155. The summed E-state index contributed by atoms with van der Waals surface area (Å²) in [5, 5.41) is 0. The molecule has 2 unspecified atom stereocenters. The van der Waals surface area contributed by atoms with E-state index >= 15 is 0 Å². The number of thioether (sulfide) groups is 1. The molecule has 0 radical (unpaired) electrons. The zero-order valence-corrected chi connectivity index (χ0v) is 20.6. The summed E-state index contributed by atoms with van der Waals surface area (Å²) in [4.78, 5) is 11.9. The maximum Gasteiger partial charge on any atom is 0.240 e. The number of hydrogen-bond donors (Lipinski definition) is 1. The predicted octanol–water partition coefficient (Wildman–Crippen LogP) is 5.26. The molecule has 3 rings (SSSR count). The van der Waals surface area contributed by atoms with Crippen LogP contribution in [0.25, 0.3) is 0 Å². The van der Waals surface area contributed by atoms with Gasteiger partial charge < -0.3 is 0 Å². The van der Waals surface area contributed by atoms with Crippen molar-refractivity contribution >= 4 is 21.8 Å². The van der Waals surface area contributed by atoms with E-state index < -0.39 is 10.0 Å². The molecule has 1 N–H and O–H groups in total. The van der Waals surface area contributed by atoms with E-state index in [2.05, 4.69) is 4.72 Å². The average molecular weight is 486 g/mol. The predicted molar refractivity (Wildman–Crippen MR) is 134 cm³/mol. The monoisotopic (exact) mass is 485 g/mol. The van der Waals surface area contributed by atoms with Gasteiger partial charge in [0.2, 0.25) is 10.0 Å². The maximum absolute atomic E-state index is 13.3. The van der Waals surface area contributed by atoms with E-state index in [-0.39, 0.29) is 23.5 Å². The molecule has 0 saturated carbocycles. The van der Waals surface area contributed by atoms with Gasteiger partial charge in [-0.1, -0.05) is 66.2 Å². The van der Waals surface area contributed by atoms with E-state index in [1.165, 1.54) is 0 Å². The number of nitrogens with one attached hydrogen (secondary N) is 1. The van der Waals surface area contributed by atoms with Crippen LogP contribution in [0.5, 0.6) is 0 Å². The van der Waals surface area contributed by atoms with Gasteiger partial charge in [0.15, 0.2) is 0 Å². The first-order valence-electron chi connectivity index (χ1n) is 11.0. The maximum atomic E-state index is 13.3. The number of aryl methyl sites for hydroxylation is 1. The fourth-order valence-corrected chi connectivity index (χ4v) is 5.89. The second kappa shape index (κ2) is 12.9. The van der Waals surface area contributed by atoms with Crippen LogP contribution in [0.2, 0.25) is 0 Å². The Morgan fingerprint density at radius 2 is 1.52 bits per heavy atom. The van der Waals surface area contributed by atoms with Gasteiger partial charge in [0.1, 0.15) is 0 Å². The first kappa shape index (κ1) is 25.5. The van der Waals surface area contributed by atoms with Gasteiger partial charge in [0.05, 0.1) is 18.1 Å². The van der Waals surface area contributed by atoms with Gasteiger partial charge in [-0.15, -0.1) is 11.8 Å². The summed E-state index contributed by atoms with van der Waals surface area (Å²) < 4.78 is 29.5. The molecule has 0 aromatic heterocycles. The van der Waals surface area contributed by atoms with Crippen molar-refractivity contribution in [2.24, 2.45) is 5.92 Å². The summed E-state index contributed by atoms with van der Waals surface area (Å²) in [6.45, 7) is 4.49. The third-order valence-electron chi connectivity index (χ3n) is 5.20. The summed E-state index contributed by atoms with van der Waals surface area (Å²) >= 11 is 1.62. The molecule has 0 amide bonds. The van der Waals surface area contributed by atoms with Gasteiger partial charge in [0, 0.05) is 22.6 Å². The molecule has 0 heterocycles. The van der Waals surface area contributed by atoms with Crippen molar-refractivity contribution in [1.29, 1.82) is 0 Å². The first-order chi connectivity index (χ1) is 16.0. The van der Waals surface area contributed by atoms with Crippen LogP contribution in [0.15, 0.2) is 94.7 Å². The molecule has 0 saturated heterocycles. The lowest BCUT2D eigenvalue weighted by Crippen LogP contribution is -2.44. The summed E-state index contributed by atoms with van der Waals surface area (Å²) in [5.41, 5.74) is 2.13. The minimum atomic E-state index is -3.71. The Kier molecular flexibility index (Phi) is 9.96. The van der Waals surface area contributed by atoms with E-state index in [0.717, 1.165) is 16.0 Å². The molecule has 0 aliphatic carbocycles. The second-order valence-corrected chi connectivity index (χ2v) is 10.6. The van der Waals surface area contributed by atoms with Gasteiger partial charge in [0.25, 0.3) is 0 Å². The molecule has 0 aliphatic rings. The van der Waals surface area contributed by atoms with Crippen molar-refractivity contribution in [1.82, 2.24) is 4.72 Å². The number of benzene rings is 3. The minimum Gasteiger partial charge on any atom is -0.237 e. The van der Waals surface area contributed by atoms with E-state index in [1.54, 1.807) is 23.9 Å². The van der Waals surface area contributed by atoms with Gasteiger partial charge in [-0.05, 0) is 50.1 Å². The number of hydrogen-bond acceptors (Lipinski definition) is 5. The van der Waals surface area contributed by atoms with Crippen LogP contribution >= 0.6 is 11.8 Å². The van der Waals surface area contributed by atoms with Crippen molar-refractivity contribution in [3.05, 3.63) is 96.1 Å². The Hall–Kier alpha value is -2.16. The molecule has 2 atom stereocenters. The van der Waals surface area contributed by atoms with E-state index in [1.807, 2.05) is 86.6 Å². The van der Waals surface area contributed by atoms with Crippen LogP contribution in [0.1, 0.15) is 18.1 Å². The highest BCUT2D eigenvalue weighted by atomic mass is 32.2. The summed E-state index contributed by atoms with van der Waals surface area (Å²) in [7, 11) is -3.71. The topological polar surface area (TPSA) is 64.6 Å². The molecule has 0 fully saturated rings. The zero-order chi connectivity index (χ0) is 23.5. The van der Waals surface area contributed by atoms with Gasteiger partial charge >= 0.3 is 0 Å². The Bertz CT molecular complexity index is 1060. The van der Waals surface area contributed by atoms with Crippen LogP contribution in [0.3, 0.4) is 0 Å². The van der Waals surface area contributed by atoms with Crippen molar-refractivity contribution < 1.29 is 18.2 Å². The van der Waals surface area contributed by atoms with Crippen LogP contribution in [-0.4, -0.2) is 33.4 Å². The van der Waals surface area contributed by atoms with Crippen LogP contribution in [0, 0.1) is 12.8 Å². The Balaban J connectivity index is 1.86. The van der Waals surface area contributed by atoms with E-state index in [0.29, 0.717) is 18.8 Å². The molecule has 3 aromatic carbocycles. The smallest absolute Gasteiger partial charge is 0.237 e. The lowest BCUT2D eigenvalue weighted by molar-refractivity contribution is -0.298. The molecule has 7 heteroatoms. The second-order valence-electron chi connectivity index (χ2n) is 7.81. The fraction of sp³-hybridized carbons (Fsp3) is 0.308. The first-order valence-corrected chi connectivity index (χ1v) is 13.5. The highest BCUT2D eigenvalue weighted by Crippen LogP contribution is 2.24. The summed E-state index contributed by atoms with van der Waals surface area (Å²) in [6, 6.07) is 26.5. The third kappa shape index (κ3) is 8.28. The van der Waals surface area contributed by atoms with Crippen molar-refractivity contribution in [3.63, 3.8) is 0 Å². The van der Waals surface area contributed by atoms with Gasteiger partial charge in [-0.2, -0.15) is 0 Å². The Morgan fingerprint density at radius 1 is 0.879 bits per heavy atom. The number of sulfonamides is 1. The fourth-order valence-electron chi connectivity index (χ4n) is 3.41. The minimum absolute atomic E-state index is 0.129. The Morgan fingerprint density at radius 3 is 2.15 bits per heavy atom. The molecule has 0 aliphatic heterocycles. The molecule has 33 heavy (non-hydrogen) atoms. The third-order valence-corrected chi connectivity index (χ3v) is 7.84. The summed E-state index contributed by atoms with van der Waals surface area (Å²) in [6.07, 6.45) is 0.657.